The van der Waals surface area contributed by atoms with Crippen LogP contribution in [0.4, 0.5) is 0 Å². The summed E-state index contributed by atoms with van der Waals surface area (Å²) in [4.78, 5) is 10.9. The van der Waals surface area contributed by atoms with Crippen molar-refractivity contribution in [3.05, 3.63) is 57.6 Å². The zero-order chi connectivity index (χ0) is 19.3. The minimum Gasteiger partial charge on any atom is -0.493 e. The first-order chi connectivity index (χ1) is 12.3. The minimum atomic E-state index is -1.08. The number of nitriles is 1. The summed E-state index contributed by atoms with van der Waals surface area (Å²) in [7, 11) is 1.45. The molecular weight excluding hydrogens is 377 g/mol. The lowest BCUT2D eigenvalue weighted by Gasteiger charge is -2.14. The third-order valence-electron chi connectivity index (χ3n) is 3.49. The second kappa shape index (κ2) is 8.61. The maximum Gasteiger partial charge on any atom is 0.344 e. The van der Waals surface area contributed by atoms with E-state index in [9.17, 15) is 10.1 Å². The van der Waals surface area contributed by atoms with Crippen molar-refractivity contribution in [2.75, 3.05) is 7.11 Å². The number of hydrogen-bond donors (Lipinski definition) is 1. The van der Waals surface area contributed by atoms with Gasteiger partial charge in [0.15, 0.2) is 17.6 Å². The van der Waals surface area contributed by atoms with Crippen molar-refractivity contribution in [3.8, 4) is 17.6 Å². The van der Waals surface area contributed by atoms with E-state index >= 15 is 0 Å². The highest BCUT2D eigenvalue weighted by Crippen LogP contribution is 2.32. The number of allylic oxidation sites excluding steroid dienone is 1. The maximum atomic E-state index is 10.9. The van der Waals surface area contributed by atoms with Crippen molar-refractivity contribution in [3.63, 3.8) is 0 Å². The molecule has 0 bridgehead atoms. The number of hydrogen-bond acceptors (Lipinski definition) is 4. The van der Waals surface area contributed by atoms with E-state index in [-0.39, 0.29) is 0 Å². The van der Waals surface area contributed by atoms with Crippen molar-refractivity contribution in [1.29, 1.82) is 5.26 Å². The Balaban J connectivity index is 2.40. The molecule has 5 nitrogen and oxygen atoms in total. The normalized spacial score (nSPS) is 12.2. The number of nitrogens with zero attached hydrogens (tertiary/aromatic N) is 1. The molecule has 2 rings (SSSR count). The molecule has 2 aromatic rings. The third-order valence-corrected chi connectivity index (χ3v) is 4.04. The van der Waals surface area contributed by atoms with Crippen LogP contribution in [0, 0.1) is 11.3 Å². The van der Waals surface area contributed by atoms with Crippen LogP contribution in [0.5, 0.6) is 11.5 Å². The Bertz CT molecular complexity index is 903. The molecule has 7 heteroatoms. The monoisotopic (exact) mass is 391 g/mol. The number of rotatable bonds is 6. The van der Waals surface area contributed by atoms with Gasteiger partial charge in [0.05, 0.1) is 23.8 Å². The second-order valence-electron chi connectivity index (χ2n) is 5.30. The Kier molecular flexibility index (Phi) is 6.51. The number of benzene rings is 2. The van der Waals surface area contributed by atoms with Crippen LogP contribution < -0.4 is 9.47 Å². The number of ether oxygens (including phenoxy) is 2. The standard InChI is InChI=1S/C19H15Cl2NO4/c1-11(19(23)24)26-17-6-3-12(8-18(17)25-2)7-13(10-22)15-5-4-14(20)9-16(15)21/h3-9,11H,1-2H3,(H,23,24)/b13-7-/t11-/m0/s1. The second-order valence-corrected chi connectivity index (χ2v) is 6.15. The topological polar surface area (TPSA) is 79.5 Å². The fourth-order valence-electron chi connectivity index (χ4n) is 2.16. The van der Waals surface area contributed by atoms with Gasteiger partial charge in [0.1, 0.15) is 0 Å². The predicted molar refractivity (Wildman–Crippen MR) is 101 cm³/mol. The number of aliphatic carboxylic acids is 1. The van der Waals surface area contributed by atoms with Gasteiger partial charge in [0.2, 0.25) is 0 Å². The van der Waals surface area contributed by atoms with Gasteiger partial charge in [-0.05, 0) is 42.8 Å². The van der Waals surface area contributed by atoms with Crippen molar-refractivity contribution < 1.29 is 19.4 Å². The fraction of sp³-hybridized carbons (Fsp3) is 0.158. The van der Waals surface area contributed by atoms with Gasteiger partial charge in [0, 0.05) is 10.6 Å². The zero-order valence-corrected chi connectivity index (χ0v) is 15.5. The van der Waals surface area contributed by atoms with E-state index in [1.165, 1.54) is 14.0 Å². The highest BCUT2D eigenvalue weighted by Gasteiger charge is 2.16. The highest BCUT2D eigenvalue weighted by molar-refractivity contribution is 6.36. The van der Waals surface area contributed by atoms with Gasteiger partial charge >= 0.3 is 5.97 Å². The zero-order valence-electron chi connectivity index (χ0n) is 14.0. The summed E-state index contributed by atoms with van der Waals surface area (Å²) in [6.07, 6.45) is 0.620. The van der Waals surface area contributed by atoms with Crippen LogP contribution in [0.3, 0.4) is 0 Å². The lowest BCUT2D eigenvalue weighted by atomic mass is 10.0. The molecule has 0 aromatic heterocycles. The summed E-state index contributed by atoms with van der Waals surface area (Å²) in [5.74, 6) is -0.436. The first-order valence-electron chi connectivity index (χ1n) is 7.50. The quantitative estimate of drug-likeness (QED) is 0.558. The van der Waals surface area contributed by atoms with Gasteiger partial charge in [-0.1, -0.05) is 35.3 Å². The number of methoxy groups -OCH3 is 1. The molecule has 26 heavy (non-hydrogen) atoms. The van der Waals surface area contributed by atoms with Gasteiger partial charge in [-0.3, -0.25) is 0 Å². The van der Waals surface area contributed by atoms with Gasteiger partial charge in [0.25, 0.3) is 0 Å². The van der Waals surface area contributed by atoms with E-state index in [2.05, 4.69) is 6.07 Å². The van der Waals surface area contributed by atoms with Gasteiger partial charge in [-0.2, -0.15) is 5.26 Å². The molecule has 0 amide bonds. The molecule has 0 radical (unpaired) electrons. The lowest BCUT2D eigenvalue weighted by molar-refractivity contribution is -0.144. The molecule has 0 unspecified atom stereocenters. The van der Waals surface area contributed by atoms with Crippen LogP contribution in [0.2, 0.25) is 10.0 Å². The number of carboxylic acid groups (broad SMARTS) is 1. The van der Waals surface area contributed by atoms with Crippen LogP contribution in [0.25, 0.3) is 11.6 Å². The fourth-order valence-corrected chi connectivity index (χ4v) is 2.67. The molecule has 0 aliphatic carbocycles. The van der Waals surface area contributed by atoms with E-state index in [4.69, 9.17) is 37.8 Å². The molecule has 0 saturated carbocycles. The number of carboxylic acids is 1. The Hall–Kier alpha value is -2.68. The Morgan fingerprint density at radius 2 is 1.96 bits per heavy atom. The first kappa shape index (κ1) is 19.6. The van der Waals surface area contributed by atoms with E-state index in [1.54, 1.807) is 42.5 Å². The smallest absolute Gasteiger partial charge is 0.344 e. The van der Waals surface area contributed by atoms with Gasteiger partial charge in [-0.15, -0.1) is 0 Å². The average Bonchev–Trinajstić information content (AvgIpc) is 2.61. The Labute approximate surface area is 161 Å². The van der Waals surface area contributed by atoms with E-state index in [0.717, 1.165) is 0 Å². The lowest BCUT2D eigenvalue weighted by Crippen LogP contribution is -2.23. The molecule has 0 spiro atoms. The Morgan fingerprint density at radius 3 is 2.54 bits per heavy atom. The summed E-state index contributed by atoms with van der Waals surface area (Å²) < 4.78 is 10.6. The summed E-state index contributed by atoms with van der Waals surface area (Å²) in [6, 6.07) is 11.9. The van der Waals surface area contributed by atoms with E-state index in [1.807, 2.05) is 0 Å². The van der Waals surface area contributed by atoms with Crippen LogP contribution in [0.1, 0.15) is 18.1 Å². The predicted octanol–water partition coefficient (Wildman–Crippen LogP) is 4.92. The minimum absolute atomic E-state index is 0.294. The van der Waals surface area contributed by atoms with Gasteiger partial charge < -0.3 is 14.6 Å². The summed E-state index contributed by atoms with van der Waals surface area (Å²) in [5, 5.41) is 19.3. The molecule has 0 aliphatic heterocycles. The number of halogens is 2. The summed E-state index contributed by atoms with van der Waals surface area (Å²) in [6.45, 7) is 1.42. The summed E-state index contributed by atoms with van der Waals surface area (Å²) in [5.41, 5.74) is 1.57. The third kappa shape index (κ3) is 4.69. The molecule has 0 saturated heterocycles. The highest BCUT2D eigenvalue weighted by atomic mass is 35.5. The van der Waals surface area contributed by atoms with Crippen LogP contribution in [-0.2, 0) is 4.79 Å². The molecule has 0 fully saturated rings. The molecule has 0 heterocycles. The molecule has 0 aliphatic rings. The maximum absolute atomic E-state index is 10.9. The van der Waals surface area contributed by atoms with Crippen LogP contribution in [-0.4, -0.2) is 24.3 Å². The van der Waals surface area contributed by atoms with Crippen molar-refractivity contribution in [1.82, 2.24) is 0 Å². The van der Waals surface area contributed by atoms with Crippen molar-refractivity contribution in [2.24, 2.45) is 0 Å². The van der Waals surface area contributed by atoms with E-state index in [0.29, 0.717) is 38.2 Å². The largest absolute Gasteiger partial charge is 0.493 e. The number of carbonyl (C=O) groups is 1. The molecule has 2 aromatic carbocycles. The Morgan fingerprint density at radius 1 is 1.23 bits per heavy atom. The summed E-state index contributed by atoms with van der Waals surface area (Å²) >= 11 is 12.0. The molecule has 1 atom stereocenters. The SMILES string of the molecule is COc1cc(/C=C(/C#N)c2ccc(Cl)cc2Cl)ccc1O[C@@H](C)C(=O)O. The average molecular weight is 392 g/mol. The van der Waals surface area contributed by atoms with Gasteiger partial charge in [-0.25, -0.2) is 4.79 Å². The molecule has 1 N–H and O–H groups in total. The first-order valence-corrected chi connectivity index (χ1v) is 8.26. The molecular formula is C19H15Cl2NO4. The van der Waals surface area contributed by atoms with Crippen LogP contribution >= 0.6 is 23.2 Å². The van der Waals surface area contributed by atoms with Crippen LogP contribution in [0.15, 0.2) is 36.4 Å². The van der Waals surface area contributed by atoms with E-state index < -0.39 is 12.1 Å². The van der Waals surface area contributed by atoms with Crippen molar-refractivity contribution in [2.45, 2.75) is 13.0 Å². The molecule has 134 valence electrons. The van der Waals surface area contributed by atoms with Crippen molar-refractivity contribution >= 4 is 40.8 Å².